The van der Waals surface area contributed by atoms with E-state index in [-0.39, 0.29) is 36.8 Å². The fraction of sp³-hybridized carbons (Fsp3) is 0.588. The molecule has 6 heteroatoms. The summed E-state index contributed by atoms with van der Waals surface area (Å²) in [6, 6.07) is 6.21. The normalized spacial score (nSPS) is 23.0. The Morgan fingerprint density at radius 3 is 2.91 bits per heavy atom. The van der Waals surface area contributed by atoms with Gasteiger partial charge in [-0.2, -0.15) is 0 Å². The molecule has 0 radical (unpaired) electrons. The van der Waals surface area contributed by atoms with Crippen LogP contribution >= 0.6 is 24.8 Å². The van der Waals surface area contributed by atoms with E-state index in [2.05, 4.69) is 18.3 Å². The monoisotopic (exact) mass is 359 g/mol. The molecule has 130 valence electrons. The number of piperidine rings is 1. The average Bonchev–Trinajstić information content (AvgIpc) is 2.53. The van der Waals surface area contributed by atoms with Crippen molar-refractivity contribution in [2.24, 2.45) is 11.7 Å². The van der Waals surface area contributed by atoms with E-state index in [1.807, 2.05) is 17.0 Å². The molecule has 1 amide bonds. The Labute approximate surface area is 151 Å². The number of nitrogens with zero attached hydrogens (tertiary/aromatic N) is 1. The third-order valence-electron chi connectivity index (χ3n) is 4.84. The van der Waals surface area contributed by atoms with E-state index in [1.54, 1.807) is 0 Å². The molecule has 0 aliphatic carbocycles. The predicted molar refractivity (Wildman–Crippen MR) is 100 cm³/mol. The molecule has 2 unspecified atom stereocenters. The van der Waals surface area contributed by atoms with Crippen LogP contribution in [0, 0.1) is 5.92 Å². The standard InChI is InChI=1S/C17H25N3O.2ClH/c1-12-7-9-20(13(10-12)11-18)17(21)15-4-2-6-16-14(15)5-3-8-19-16;;/h2,4,6,12-13,19H,3,5,7-11,18H2,1H3;2*1H. The first kappa shape index (κ1) is 20.1. The molecule has 2 aliphatic heterocycles. The van der Waals surface area contributed by atoms with Gasteiger partial charge in [-0.15, -0.1) is 24.8 Å². The minimum Gasteiger partial charge on any atom is -0.385 e. The van der Waals surface area contributed by atoms with Crippen LogP contribution in [-0.4, -0.2) is 36.5 Å². The van der Waals surface area contributed by atoms with Crippen molar-refractivity contribution in [1.82, 2.24) is 4.90 Å². The van der Waals surface area contributed by atoms with Gasteiger partial charge in [-0.1, -0.05) is 13.0 Å². The SMILES string of the molecule is CC1CCN(C(=O)c2cccc3c2CCCN3)C(CN)C1.Cl.Cl. The van der Waals surface area contributed by atoms with E-state index in [4.69, 9.17) is 5.73 Å². The number of halogens is 2. The van der Waals surface area contributed by atoms with Crippen LogP contribution in [-0.2, 0) is 6.42 Å². The summed E-state index contributed by atoms with van der Waals surface area (Å²) < 4.78 is 0. The van der Waals surface area contributed by atoms with Crippen LogP contribution in [0.5, 0.6) is 0 Å². The second kappa shape index (κ2) is 8.76. The zero-order chi connectivity index (χ0) is 14.8. The third kappa shape index (κ3) is 4.11. The number of hydrogen-bond acceptors (Lipinski definition) is 3. The molecule has 0 saturated carbocycles. The highest BCUT2D eigenvalue weighted by molar-refractivity contribution is 5.97. The molecule has 3 N–H and O–H groups in total. The largest absolute Gasteiger partial charge is 0.385 e. The van der Waals surface area contributed by atoms with Crippen LogP contribution in [0.3, 0.4) is 0 Å². The molecule has 0 spiro atoms. The van der Waals surface area contributed by atoms with Crippen molar-refractivity contribution in [2.75, 3.05) is 25.0 Å². The van der Waals surface area contributed by atoms with Gasteiger partial charge in [-0.3, -0.25) is 4.79 Å². The van der Waals surface area contributed by atoms with Gasteiger partial charge in [0.05, 0.1) is 0 Å². The van der Waals surface area contributed by atoms with Crippen molar-refractivity contribution in [3.8, 4) is 0 Å². The summed E-state index contributed by atoms with van der Waals surface area (Å²) in [5.74, 6) is 0.826. The molecule has 1 aromatic carbocycles. The summed E-state index contributed by atoms with van der Waals surface area (Å²) in [7, 11) is 0. The zero-order valence-corrected chi connectivity index (χ0v) is 15.2. The number of hydrogen-bond donors (Lipinski definition) is 2. The molecule has 0 aromatic heterocycles. The fourth-order valence-electron chi connectivity index (χ4n) is 3.61. The van der Waals surface area contributed by atoms with Gasteiger partial charge in [0.2, 0.25) is 0 Å². The molecule has 1 saturated heterocycles. The van der Waals surface area contributed by atoms with Crippen molar-refractivity contribution in [3.63, 3.8) is 0 Å². The molecule has 3 rings (SSSR count). The van der Waals surface area contributed by atoms with Gasteiger partial charge in [0.25, 0.3) is 5.91 Å². The van der Waals surface area contributed by atoms with E-state index < -0.39 is 0 Å². The highest BCUT2D eigenvalue weighted by Gasteiger charge is 2.31. The van der Waals surface area contributed by atoms with Crippen LogP contribution in [0.25, 0.3) is 0 Å². The van der Waals surface area contributed by atoms with Gasteiger partial charge < -0.3 is 16.0 Å². The molecule has 1 fully saturated rings. The second-order valence-corrected chi connectivity index (χ2v) is 6.38. The lowest BCUT2D eigenvalue weighted by atomic mass is 9.90. The third-order valence-corrected chi connectivity index (χ3v) is 4.84. The number of anilines is 1. The summed E-state index contributed by atoms with van der Waals surface area (Å²) in [5.41, 5.74) is 9.08. The van der Waals surface area contributed by atoms with E-state index in [0.717, 1.165) is 50.0 Å². The van der Waals surface area contributed by atoms with Crippen molar-refractivity contribution >= 4 is 36.4 Å². The van der Waals surface area contributed by atoms with Gasteiger partial charge in [0.1, 0.15) is 0 Å². The Morgan fingerprint density at radius 2 is 2.17 bits per heavy atom. The predicted octanol–water partition coefficient (Wildman–Crippen LogP) is 3.09. The van der Waals surface area contributed by atoms with E-state index >= 15 is 0 Å². The number of amides is 1. The van der Waals surface area contributed by atoms with Crippen molar-refractivity contribution in [2.45, 2.75) is 38.6 Å². The summed E-state index contributed by atoms with van der Waals surface area (Å²) in [5, 5.41) is 3.40. The number of fused-ring (bicyclic) bond motifs is 1. The minimum absolute atomic E-state index is 0. The number of nitrogens with one attached hydrogen (secondary N) is 1. The van der Waals surface area contributed by atoms with Crippen LogP contribution in [0.4, 0.5) is 5.69 Å². The molecule has 0 bridgehead atoms. The van der Waals surface area contributed by atoms with E-state index in [0.29, 0.717) is 12.5 Å². The molecule has 4 nitrogen and oxygen atoms in total. The van der Waals surface area contributed by atoms with Crippen LogP contribution in [0.1, 0.15) is 42.1 Å². The Balaban J connectivity index is 0.00000132. The molecule has 1 aromatic rings. The topological polar surface area (TPSA) is 58.4 Å². The molecule has 2 atom stereocenters. The Morgan fingerprint density at radius 1 is 1.39 bits per heavy atom. The lowest BCUT2D eigenvalue weighted by Gasteiger charge is -2.38. The second-order valence-electron chi connectivity index (χ2n) is 6.38. The Kier molecular flexibility index (Phi) is 7.65. The lowest BCUT2D eigenvalue weighted by Crippen LogP contribution is -2.49. The van der Waals surface area contributed by atoms with Gasteiger partial charge in [-0.05, 0) is 49.3 Å². The highest BCUT2D eigenvalue weighted by atomic mass is 35.5. The van der Waals surface area contributed by atoms with Crippen molar-refractivity contribution in [3.05, 3.63) is 29.3 Å². The van der Waals surface area contributed by atoms with Gasteiger partial charge in [-0.25, -0.2) is 0 Å². The fourth-order valence-corrected chi connectivity index (χ4v) is 3.61. The number of likely N-dealkylation sites (tertiary alicyclic amines) is 1. The zero-order valence-electron chi connectivity index (χ0n) is 13.6. The summed E-state index contributed by atoms with van der Waals surface area (Å²) in [4.78, 5) is 15.0. The maximum atomic E-state index is 13.0. The summed E-state index contributed by atoms with van der Waals surface area (Å²) in [6.45, 7) is 4.64. The van der Waals surface area contributed by atoms with Crippen molar-refractivity contribution in [1.29, 1.82) is 0 Å². The summed E-state index contributed by atoms with van der Waals surface area (Å²) in [6.07, 6.45) is 4.18. The van der Waals surface area contributed by atoms with Crippen LogP contribution in [0.2, 0.25) is 0 Å². The number of benzene rings is 1. The first-order valence-electron chi connectivity index (χ1n) is 8.07. The molecule has 23 heavy (non-hydrogen) atoms. The van der Waals surface area contributed by atoms with Crippen LogP contribution < -0.4 is 11.1 Å². The van der Waals surface area contributed by atoms with E-state index in [1.165, 1.54) is 5.56 Å². The number of rotatable bonds is 2. The first-order valence-corrected chi connectivity index (χ1v) is 8.07. The van der Waals surface area contributed by atoms with Gasteiger partial charge >= 0.3 is 0 Å². The molecular weight excluding hydrogens is 333 g/mol. The quantitative estimate of drug-likeness (QED) is 0.852. The van der Waals surface area contributed by atoms with Gasteiger partial charge in [0, 0.05) is 36.9 Å². The summed E-state index contributed by atoms with van der Waals surface area (Å²) >= 11 is 0. The highest BCUT2D eigenvalue weighted by Crippen LogP contribution is 2.29. The number of carbonyl (C=O) groups excluding carboxylic acids is 1. The Hall–Kier alpha value is -0.970. The smallest absolute Gasteiger partial charge is 0.254 e. The molecule has 2 aliphatic rings. The van der Waals surface area contributed by atoms with E-state index in [9.17, 15) is 4.79 Å². The van der Waals surface area contributed by atoms with Crippen molar-refractivity contribution < 1.29 is 4.79 Å². The maximum Gasteiger partial charge on any atom is 0.254 e. The van der Waals surface area contributed by atoms with Gasteiger partial charge in [0.15, 0.2) is 0 Å². The average molecular weight is 360 g/mol. The number of nitrogens with two attached hydrogens (primary N) is 1. The van der Waals surface area contributed by atoms with Crippen LogP contribution in [0.15, 0.2) is 18.2 Å². The lowest BCUT2D eigenvalue weighted by molar-refractivity contribution is 0.0572. The molecule has 2 heterocycles. The first-order chi connectivity index (χ1) is 10.2. The Bertz CT molecular complexity index is 539. The minimum atomic E-state index is 0. The maximum absolute atomic E-state index is 13.0. The molecular formula is C17H27Cl2N3O. The number of carbonyl (C=O) groups is 1.